The van der Waals surface area contributed by atoms with Crippen molar-refractivity contribution < 1.29 is 24.9 Å². The van der Waals surface area contributed by atoms with Gasteiger partial charge in [0.2, 0.25) is 0 Å². The highest BCUT2D eigenvalue weighted by atomic mass is 16.6. The molecule has 0 rings (SSSR count). The standard InChI is InChI=1S/C6H13NO2.CHO3/c1-4(2)3-5(7)6(8)9;2-1(3)4/h4-5H,3,7H2,1-2H3,(H,8,9);(H,2,3). The topological polar surface area (TPSA) is 121 Å². The van der Waals surface area contributed by atoms with Crippen LogP contribution in [0.3, 0.4) is 0 Å². The molecule has 0 saturated carbocycles. The lowest BCUT2D eigenvalue weighted by atomic mass is 10.1. The Balaban J connectivity index is 0. The molecule has 0 amide bonds. The first-order valence-electron chi connectivity index (χ1n) is 3.65. The number of carboxylic acids is 1. The van der Waals surface area contributed by atoms with Crippen LogP contribution in [0.1, 0.15) is 20.3 Å². The summed E-state index contributed by atoms with van der Waals surface area (Å²) in [4.78, 5) is 18.6. The van der Waals surface area contributed by atoms with Crippen molar-refractivity contribution in [2.75, 3.05) is 0 Å². The highest BCUT2D eigenvalue weighted by Gasteiger charge is 2.11. The highest BCUT2D eigenvalue weighted by Crippen LogP contribution is 2.01. The Morgan fingerprint density at radius 2 is 1.62 bits per heavy atom. The largest absolute Gasteiger partial charge is 0.547 e. The normalized spacial score (nSPS) is 11.4. The molecule has 77 valence electrons. The molecule has 6 nitrogen and oxygen atoms in total. The quantitative estimate of drug-likeness (QED) is 0.602. The zero-order valence-electron chi connectivity index (χ0n) is 7.56. The van der Waals surface area contributed by atoms with Gasteiger partial charge in [-0.1, -0.05) is 13.8 Å². The molecule has 0 aliphatic carbocycles. The number of carbonyl (C=O) groups is 2. The Labute approximate surface area is 76.0 Å². The van der Waals surface area contributed by atoms with E-state index in [1.165, 1.54) is 0 Å². The molecule has 0 aromatic heterocycles. The molecule has 0 fully saturated rings. The Morgan fingerprint density at radius 3 is 1.69 bits per heavy atom. The molecule has 0 heterocycles. The smallest absolute Gasteiger partial charge is 0.480 e. The predicted octanol–water partition coefficient (Wildman–Crippen LogP) is 0.539. The first kappa shape index (κ1) is 14.2. The van der Waals surface area contributed by atoms with Gasteiger partial charge in [0.25, 0.3) is 0 Å². The zero-order valence-corrected chi connectivity index (χ0v) is 7.56. The van der Waals surface area contributed by atoms with Crippen molar-refractivity contribution in [3.63, 3.8) is 0 Å². The van der Waals surface area contributed by atoms with Crippen LogP contribution < -0.4 is 5.73 Å². The van der Waals surface area contributed by atoms with Crippen LogP contribution in [0.15, 0.2) is 0 Å². The summed E-state index contributed by atoms with van der Waals surface area (Å²) < 4.78 is 0. The fourth-order valence-electron chi connectivity index (χ4n) is 0.609. The Kier molecular flexibility index (Phi) is 8.05. The first-order valence-corrected chi connectivity index (χ1v) is 3.65. The molecule has 0 aliphatic heterocycles. The fourth-order valence-corrected chi connectivity index (χ4v) is 0.609. The second-order valence-electron chi connectivity index (χ2n) is 2.84. The molecule has 6 heteroatoms. The van der Waals surface area contributed by atoms with E-state index in [-0.39, 0.29) is 0 Å². The van der Waals surface area contributed by atoms with Crippen LogP contribution in [-0.2, 0) is 9.90 Å². The molecule has 0 aliphatic rings. The van der Waals surface area contributed by atoms with Gasteiger partial charge >= 0.3 is 12.1 Å². The second kappa shape index (κ2) is 7.35. The lowest BCUT2D eigenvalue weighted by Crippen LogP contribution is -2.31. The average molecular weight is 192 g/mol. The maximum absolute atomic E-state index is 10.1. The van der Waals surface area contributed by atoms with Gasteiger partial charge in [0.15, 0.2) is 0 Å². The lowest BCUT2D eigenvalue weighted by molar-refractivity contribution is -0.138. The Bertz CT molecular complexity index is 164. The van der Waals surface area contributed by atoms with E-state index >= 15 is 0 Å². The van der Waals surface area contributed by atoms with Gasteiger partial charge in [-0.3, -0.25) is 4.79 Å². The molecule has 0 aromatic rings. The number of hydrogen-bond acceptors (Lipinski definition) is 3. The number of hydrogen-bond donors (Lipinski definition) is 3. The van der Waals surface area contributed by atoms with Gasteiger partial charge in [-0.2, -0.15) is 0 Å². The van der Waals surface area contributed by atoms with Gasteiger partial charge in [-0.15, -0.1) is 0 Å². The van der Waals surface area contributed by atoms with Crippen LogP contribution >= 0.6 is 0 Å². The summed E-state index contributed by atoms with van der Waals surface area (Å²) in [6.45, 7) is 3.89. The van der Waals surface area contributed by atoms with E-state index in [1.807, 2.05) is 13.8 Å². The molecule has 0 saturated heterocycles. The van der Waals surface area contributed by atoms with Crippen LogP contribution in [0.4, 0.5) is 4.79 Å². The monoisotopic (exact) mass is 192 g/mol. The number of rotatable bonds is 3. The van der Waals surface area contributed by atoms with Gasteiger partial charge < -0.3 is 15.9 Å². The zero-order chi connectivity index (χ0) is 11.0. The predicted molar refractivity (Wildman–Crippen MR) is 43.8 cm³/mol. The van der Waals surface area contributed by atoms with Crippen molar-refractivity contribution in [1.82, 2.24) is 0 Å². The van der Waals surface area contributed by atoms with Crippen LogP contribution in [0, 0.1) is 5.92 Å². The summed E-state index contributed by atoms with van der Waals surface area (Å²) in [5, 5.41) is 23.6. The molecule has 0 aromatic carbocycles. The van der Waals surface area contributed by atoms with Crippen molar-refractivity contribution in [2.45, 2.75) is 26.3 Å². The molecule has 1 radical (unpaired) electrons. The second-order valence-corrected chi connectivity index (χ2v) is 2.84. The minimum absolute atomic E-state index is 0.357. The molecule has 4 N–H and O–H groups in total. The van der Waals surface area contributed by atoms with Gasteiger partial charge in [0.1, 0.15) is 6.04 Å². The first-order chi connectivity index (χ1) is 5.77. The number of nitrogens with two attached hydrogens (primary N) is 1. The third kappa shape index (κ3) is 18.0. The maximum Gasteiger partial charge on any atom is 0.547 e. The van der Waals surface area contributed by atoms with Gasteiger partial charge in [-0.05, 0) is 12.3 Å². The van der Waals surface area contributed by atoms with E-state index in [9.17, 15) is 4.79 Å². The Morgan fingerprint density at radius 1 is 1.31 bits per heavy atom. The van der Waals surface area contributed by atoms with E-state index in [4.69, 9.17) is 25.8 Å². The van der Waals surface area contributed by atoms with E-state index in [0.29, 0.717) is 12.3 Å². The van der Waals surface area contributed by atoms with Crippen LogP contribution in [0.2, 0.25) is 0 Å². The third-order valence-corrected chi connectivity index (χ3v) is 1.04. The van der Waals surface area contributed by atoms with Crippen LogP contribution in [0.5, 0.6) is 0 Å². The van der Waals surface area contributed by atoms with Gasteiger partial charge in [0.05, 0.1) is 0 Å². The van der Waals surface area contributed by atoms with Crippen LogP contribution in [0.25, 0.3) is 0 Å². The van der Waals surface area contributed by atoms with Crippen molar-refractivity contribution in [3.05, 3.63) is 0 Å². The third-order valence-electron chi connectivity index (χ3n) is 1.04. The van der Waals surface area contributed by atoms with Gasteiger partial charge in [-0.25, -0.2) is 9.90 Å². The molecular formula is C7H14NO5. The van der Waals surface area contributed by atoms with Crippen molar-refractivity contribution >= 4 is 12.1 Å². The van der Waals surface area contributed by atoms with Crippen LogP contribution in [-0.4, -0.2) is 28.4 Å². The van der Waals surface area contributed by atoms with E-state index < -0.39 is 18.2 Å². The summed E-state index contributed by atoms with van der Waals surface area (Å²) in [6, 6.07) is -0.690. The molecule has 1 unspecified atom stereocenters. The lowest BCUT2D eigenvalue weighted by Gasteiger charge is -2.07. The number of aliphatic carboxylic acids is 1. The summed E-state index contributed by atoms with van der Waals surface area (Å²) in [5.74, 6) is -0.556. The molecule has 1 atom stereocenters. The average Bonchev–Trinajstić information content (AvgIpc) is 1.83. The maximum atomic E-state index is 10.1. The summed E-state index contributed by atoms with van der Waals surface area (Å²) in [6.07, 6.45) is -1.53. The summed E-state index contributed by atoms with van der Waals surface area (Å²) in [5.41, 5.74) is 5.22. The molecule has 13 heavy (non-hydrogen) atoms. The molecule has 0 bridgehead atoms. The fraction of sp³-hybridized carbons (Fsp3) is 0.714. The summed E-state index contributed by atoms with van der Waals surface area (Å²) in [7, 11) is 0. The van der Waals surface area contributed by atoms with Crippen molar-refractivity contribution in [2.24, 2.45) is 11.7 Å². The number of carboxylic acid groups (broad SMARTS) is 2. The van der Waals surface area contributed by atoms with Crippen molar-refractivity contribution in [3.8, 4) is 0 Å². The highest BCUT2D eigenvalue weighted by molar-refractivity contribution is 5.72. The van der Waals surface area contributed by atoms with E-state index in [1.54, 1.807) is 0 Å². The van der Waals surface area contributed by atoms with Gasteiger partial charge in [0, 0.05) is 0 Å². The SMILES string of the molecule is CC(C)CC(N)C(=O)O.[O]C(=O)O. The summed E-state index contributed by atoms with van der Waals surface area (Å²) >= 11 is 0. The van der Waals surface area contributed by atoms with E-state index in [0.717, 1.165) is 0 Å². The minimum atomic E-state index is -2.08. The molecule has 0 spiro atoms. The minimum Gasteiger partial charge on any atom is -0.480 e. The van der Waals surface area contributed by atoms with E-state index in [2.05, 4.69) is 0 Å². The van der Waals surface area contributed by atoms with Crippen molar-refractivity contribution in [1.29, 1.82) is 0 Å². The Hall–Kier alpha value is -1.30. The molecular weight excluding hydrogens is 178 g/mol.